The van der Waals surface area contributed by atoms with Crippen LogP contribution in [0.25, 0.3) is 21.5 Å². The molecule has 0 aliphatic heterocycles. The van der Waals surface area contributed by atoms with Gasteiger partial charge in [-0.05, 0) is 56.2 Å². The van der Waals surface area contributed by atoms with Gasteiger partial charge in [0.25, 0.3) is 5.56 Å². The predicted octanol–water partition coefficient (Wildman–Crippen LogP) is 5.03. The number of benzene rings is 1. The van der Waals surface area contributed by atoms with Crippen LogP contribution in [0.5, 0.6) is 0 Å². The van der Waals surface area contributed by atoms with Crippen LogP contribution < -0.4 is 10.9 Å². The van der Waals surface area contributed by atoms with Crippen molar-refractivity contribution in [1.29, 1.82) is 0 Å². The van der Waals surface area contributed by atoms with Crippen molar-refractivity contribution >= 4 is 27.2 Å². The van der Waals surface area contributed by atoms with Crippen LogP contribution in [0, 0.1) is 13.8 Å². The molecule has 4 rings (SSSR count). The molecule has 0 radical (unpaired) electrons. The molecule has 4 aromatic rings. The van der Waals surface area contributed by atoms with E-state index in [2.05, 4.69) is 41.3 Å². The van der Waals surface area contributed by atoms with Crippen molar-refractivity contribution in [1.82, 2.24) is 9.97 Å². The minimum atomic E-state index is -0.147. The molecule has 3 heterocycles. The molecule has 0 fully saturated rings. The molecular formula is C20H19N3O2S. The van der Waals surface area contributed by atoms with Crippen LogP contribution in [0.2, 0.25) is 0 Å². The van der Waals surface area contributed by atoms with Crippen molar-refractivity contribution in [2.45, 2.75) is 26.8 Å². The van der Waals surface area contributed by atoms with E-state index in [1.807, 2.05) is 30.5 Å². The molecule has 2 N–H and O–H groups in total. The van der Waals surface area contributed by atoms with Crippen molar-refractivity contribution in [2.24, 2.45) is 0 Å². The summed E-state index contributed by atoms with van der Waals surface area (Å²) in [7, 11) is 0. The quantitative estimate of drug-likeness (QED) is 0.532. The molecule has 0 saturated heterocycles. The van der Waals surface area contributed by atoms with Crippen LogP contribution in [-0.4, -0.2) is 9.97 Å². The lowest BCUT2D eigenvalue weighted by Crippen LogP contribution is -2.17. The zero-order valence-electron chi connectivity index (χ0n) is 14.8. The van der Waals surface area contributed by atoms with E-state index in [0.29, 0.717) is 21.8 Å². The lowest BCUT2D eigenvalue weighted by Gasteiger charge is -2.15. The maximum absolute atomic E-state index is 12.7. The summed E-state index contributed by atoms with van der Waals surface area (Å²) < 4.78 is 5.43. The van der Waals surface area contributed by atoms with Crippen molar-refractivity contribution in [3.8, 4) is 11.3 Å². The topological polar surface area (TPSA) is 70.9 Å². The number of H-pyrrole nitrogens is 1. The number of furan rings is 1. The van der Waals surface area contributed by atoms with E-state index in [1.54, 1.807) is 6.26 Å². The normalized spacial score (nSPS) is 12.4. The molecule has 1 aromatic carbocycles. The number of aryl methyl sites for hydroxylation is 2. The van der Waals surface area contributed by atoms with Crippen molar-refractivity contribution < 1.29 is 4.42 Å². The van der Waals surface area contributed by atoms with Gasteiger partial charge in [0.2, 0.25) is 0 Å². The first-order chi connectivity index (χ1) is 12.5. The summed E-state index contributed by atoms with van der Waals surface area (Å²) in [5.74, 6) is 1.30. The number of fused-ring (bicyclic) bond motifs is 1. The van der Waals surface area contributed by atoms with Crippen LogP contribution in [0.3, 0.4) is 0 Å². The molecule has 26 heavy (non-hydrogen) atoms. The Morgan fingerprint density at radius 3 is 2.81 bits per heavy atom. The summed E-state index contributed by atoms with van der Waals surface area (Å²) in [6, 6.07) is 9.75. The molecule has 1 atom stereocenters. The van der Waals surface area contributed by atoms with E-state index in [0.717, 1.165) is 11.3 Å². The van der Waals surface area contributed by atoms with Crippen molar-refractivity contribution in [2.75, 3.05) is 5.32 Å². The molecular weight excluding hydrogens is 346 g/mol. The Morgan fingerprint density at radius 1 is 1.23 bits per heavy atom. The molecule has 0 aliphatic rings. The van der Waals surface area contributed by atoms with Crippen molar-refractivity contribution in [3.63, 3.8) is 0 Å². The second-order valence-electron chi connectivity index (χ2n) is 6.42. The second-order valence-corrected chi connectivity index (χ2v) is 7.28. The van der Waals surface area contributed by atoms with E-state index in [1.165, 1.54) is 22.5 Å². The Kier molecular flexibility index (Phi) is 4.12. The van der Waals surface area contributed by atoms with E-state index >= 15 is 0 Å². The Bertz CT molecular complexity index is 1130. The molecule has 6 heteroatoms. The van der Waals surface area contributed by atoms with Gasteiger partial charge in [0.1, 0.15) is 16.4 Å². The van der Waals surface area contributed by atoms with Gasteiger partial charge >= 0.3 is 0 Å². The molecule has 0 aliphatic carbocycles. The van der Waals surface area contributed by atoms with Crippen LogP contribution in [0.1, 0.15) is 29.9 Å². The lowest BCUT2D eigenvalue weighted by atomic mass is 10.1. The molecule has 0 saturated carbocycles. The average Bonchev–Trinajstić information content (AvgIpc) is 3.27. The van der Waals surface area contributed by atoms with Gasteiger partial charge in [0.15, 0.2) is 0 Å². The van der Waals surface area contributed by atoms with Crippen molar-refractivity contribution in [3.05, 3.63) is 69.3 Å². The summed E-state index contributed by atoms with van der Waals surface area (Å²) in [4.78, 5) is 21.0. The van der Waals surface area contributed by atoms with Gasteiger partial charge in [-0.2, -0.15) is 0 Å². The van der Waals surface area contributed by atoms with Crippen LogP contribution in [-0.2, 0) is 0 Å². The van der Waals surface area contributed by atoms with E-state index < -0.39 is 0 Å². The number of aromatic nitrogens is 2. The molecule has 132 valence electrons. The predicted molar refractivity (Wildman–Crippen MR) is 106 cm³/mol. The number of anilines is 1. The molecule has 0 amide bonds. The van der Waals surface area contributed by atoms with E-state index in [4.69, 9.17) is 4.42 Å². The van der Waals surface area contributed by atoms with E-state index in [-0.39, 0.29) is 11.6 Å². The standard InChI is InChI=1S/C20H19N3O2S/c1-11-6-7-14(9-12(11)2)21-13(3)18-22-19(24)17-15(10-26-20(17)23-18)16-5-4-8-25-16/h4-10,13,21H,1-3H3,(H,22,23,24)/t13-/m0/s1. The highest BCUT2D eigenvalue weighted by molar-refractivity contribution is 7.17. The SMILES string of the molecule is Cc1ccc(N[C@@H](C)c2nc3scc(-c4ccco4)c3c(=O)[nH]2)cc1C. The minimum Gasteiger partial charge on any atom is -0.464 e. The van der Waals surface area contributed by atoms with Gasteiger partial charge in [-0.15, -0.1) is 11.3 Å². The zero-order chi connectivity index (χ0) is 18.3. The largest absolute Gasteiger partial charge is 0.464 e. The average molecular weight is 365 g/mol. The van der Waals surface area contributed by atoms with Gasteiger partial charge in [0, 0.05) is 16.6 Å². The van der Waals surface area contributed by atoms with Gasteiger partial charge in [0.05, 0.1) is 17.7 Å². The van der Waals surface area contributed by atoms with Crippen LogP contribution in [0.4, 0.5) is 5.69 Å². The molecule has 5 nitrogen and oxygen atoms in total. The molecule has 0 bridgehead atoms. The first-order valence-electron chi connectivity index (χ1n) is 8.42. The molecule has 0 unspecified atom stereocenters. The number of rotatable bonds is 4. The Hall–Kier alpha value is -2.86. The monoisotopic (exact) mass is 365 g/mol. The summed E-state index contributed by atoms with van der Waals surface area (Å²) in [6.45, 7) is 6.16. The fourth-order valence-corrected chi connectivity index (χ4v) is 3.87. The Labute approximate surface area is 154 Å². The summed E-state index contributed by atoms with van der Waals surface area (Å²) in [6.07, 6.45) is 1.60. The zero-order valence-corrected chi connectivity index (χ0v) is 15.6. The molecule has 3 aromatic heterocycles. The third-order valence-electron chi connectivity index (χ3n) is 4.55. The number of nitrogens with one attached hydrogen (secondary N) is 2. The summed E-state index contributed by atoms with van der Waals surface area (Å²) >= 11 is 1.45. The van der Waals surface area contributed by atoms with Gasteiger partial charge in [-0.25, -0.2) is 4.98 Å². The smallest absolute Gasteiger partial charge is 0.260 e. The number of hydrogen-bond donors (Lipinski definition) is 2. The number of hydrogen-bond acceptors (Lipinski definition) is 5. The van der Waals surface area contributed by atoms with E-state index in [9.17, 15) is 4.79 Å². The lowest BCUT2D eigenvalue weighted by molar-refractivity contribution is 0.583. The minimum absolute atomic E-state index is 0.122. The van der Waals surface area contributed by atoms with Crippen LogP contribution in [0.15, 0.2) is 51.2 Å². The number of aromatic amines is 1. The third-order valence-corrected chi connectivity index (χ3v) is 5.42. The first kappa shape index (κ1) is 16.6. The maximum atomic E-state index is 12.7. The maximum Gasteiger partial charge on any atom is 0.260 e. The summed E-state index contributed by atoms with van der Waals surface area (Å²) in [5, 5.41) is 5.90. The van der Waals surface area contributed by atoms with Crippen LogP contribution >= 0.6 is 11.3 Å². The fraction of sp³-hybridized carbons (Fsp3) is 0.200. The number of nitrogens with zero attached hydrogens (tertiary/aromatic N) is 1. The highest BCUT2D eigenvalue weighted by Crippen LogP contribution is 2.31. The first-order valence-corrected chi connectivity index (χ1v) is 9.30. The third kappa shape index (κ3) is 2.93. The number of thiophene rings is 1. The fourth-order valence-electron chi connectivity index (χ4n) is 2.93. The Morgan fingerprint density at radius 2 is 2.08 bits per heavy atom. The summed E-state index contributed by atoms with van der Waals surface area (Å²) in [5.41, 5.74) is 4.11. The van der Waals surface area contributed by atoms with Gasteiger partial charge < -0.3 is 14.7 Å². The van der Waals surface area contributed by atoms with Gasteiger partial charge in [-0.1, -0.05) is 6.07 Å². The van der Waals surface area contributed by atoms with Gasteiger partial charge in [-0.3, -0.25) is 4.79 Å². The highest BCUT2D eigenvalue weighted by Gasteiger charge is 2.17. The molecule has 0 spiro atoms. The highest BCUT2D eigenvalue weighted by atomic mass is 32.1. The second kappa shape index (κ2) is 6.46. The Balaban J connectivity index is 1.69.